The van der Waals surface area contributed by atoms with E-state index in [4.69, 9.17) is 14.6 Å². The van der Waals surface area contributed by atoms with Crippen LogP contribution in [0.3, 0.4) is 0 Å². The van der Waals surface area contributed by atoms with Crippen molar-refractivity contribution in [2.45, 2.75) is 39.3 Å². The van der Waals surface area contributed by atoms with Crippen LogP contribution in [0.2, 0.25) is 0 Å². The van der Waals surface area contributed by atoms with Crippen LogP contribution in [0.5, 0.6) is 0 Å². The second-order valence-electron chi connectivity index (χ2n) is 4.17. The maximum atomic E-state index is 11.2. The molecule has 6 heteroatoms. The van der Waals surface area contributed by atoms with Gasteiger partial charge in [0.05, 0.1) is 6.61 Å². The van der Waals surface area contributed by atoms with Gasteiger partial charge in [0.1, 0.15) is 12.4 Å². The molecule has 15 heavy (non-hydrogen) atoms. The van der Waals surface area contributed by atoms with Crippen molar-refractivity contribution in [1.29, 1.82) is 0 Å². The summed E-state index contributed by atoms with van der Waals surface area (Å²) in [5.74, 6) is 0. The molecule has 6 nitrogen and oxygen atoms in total. The van der Waals surface area contributed by atoms with Gasteiger partial charge in [-0.25, -0.2) is 10.2 Å². The highest BCUT2D eigenvalue weighted by Crippen LogP contribution is 2.05. The van der Waals surface area contributed by atoms with Gasteiger partial charge in [-0.2, -0.15) is 0 Å². The van der Waals surface area contributed by atoms with Crippen LogP contribution < -0.4 is 10.9 Å². The normalized spacial score (nSPS) is 13.4. The summed E-state index contributed by atoms with van der Waals surface area (Å²) in [5.41, 5.74) is 4.54. The van der Waals surface area contributed by atoms with Crippen molar-refractivity contribution in [3.63, 3.8) is 0 Å². The lowest BCUT2D eigenvalue weighted by Gasteiger charge is -2.21. The minimum absolute atomic E-state index is 0.107. The van der Waals surface area contributed by atoms with E-state index in [0.717, 1.165) is 0 Å². The van der Waals surface area contributed by atoms with E-state index in [0.29, 0.717) is 6.61 Å². The van der Waals surface area contributed by atoms with Crippen LogP contribution in [-0.4, -0.2) is 36.2 Å². The van der Waals surface area contributed by atoms with Crippen LogP contribution >= 0.6 is 0 Å². The number of hydrogen-bond acceptors (Lipinski definition) is 5. The smallest absolute Gasteiger partial charge is 0.422 e. The molecule has 0 aliphatic rings. The van der Waals surface area contributed by atoms with Gasteiger partial charge in [-0.15, -0.1) is 0 Å². The van der Waals surface area contributed by atoms with Gasteiger partial charge in [0.25, 0.3) is 0 Å². The minimum atomic E-state index is -0.543. The predicted molar refractivity (Wildman–Crippen MR) is 55.0 cm³/mol. The van der Waals surface area contributed by atoms with E-state index < -0.39 is 11.7 Å². The van der Waals surface area contributed by atoms with E-state index in [9.17, 15) is 4.79 Å². The van der Waals surface area contributed by atoms with E-state index in [-0.39, 0.29) is 12.8 Å². The first-order valence-corrected chi connectivity index (χ1v) is 4.78. The molecular weight excluding hydrogens is 200 g/mol. The van der Waals surface area contributed by atoms with Crippen molar-refractivity contribution in [3.05, 3.63) is 0 Å². The number of ether oxygens (including phenoxy) is 2. The molecule has 1 amide bonds. The van der Waals surface area contributed by atoms with Crippen molar-refractivity contribution < 1.29 is 19.4 Å². The second kappa shape index (κ2) is 6.60. The Morgan fingerprint density at radius 2 is 2.07 bits per heavy atom. The molecule has 1 unspecified atom stereocenters. The van der Waals surface area contributed by atoms with Gasteiger partial charge in [-0.3, -0.25) is 5.43 Å². The molecule has 0 aromatic rings. The van der Waals surface area contributed by atoms with Gasteiger partial charge in [0.15, 0.2) is 0 Å². The summed E-state index contributed by atoms with van der Waals surface area (Å²) in [4.78, 5) is 11.2. The molecule has 0 heterocycles. The quantitative estimate of drug-likeness (QED) is 0.461. The maximum Gasteiger partial charge on any atom is 0.422 e. The average molecular weight is 220 g/mol. The molecule has 0 bridgehead atoms. The van der Waals surface area contributed by atoms with Crippen LogP contribution in [0.1, 0.15) is 27.7 Å². The average Bonchev–Trinajstić information content (AvgIpc) is 2.08. The van der Waals surface area contributed by atoms with Gasteiger partial charge >= 0.3 is 6.09 Å². The van der Waals surface area contributed by atoms with Crippen LogP contribution in [0.15, 0.2) is 0 Å². The fraction of sp³-hybridized carbons (Fsp3) is 0.889. The van der Waals surface area contributed by atoms with E-state index in [2.05, 4.69) is 10.9 Å². The standard InChI is InChI=1S/C9H20N2O4/c1-7(5-14-6-12)10-11-8(13)15-9(2,3)4/h7,10,12H,5-6H2,1-4H3,(H,11,13). The number of aliphatic hydroxyl groups is 1. The monoisotopic (exact) mass is 220 g/mol. The summed E-state index contributed by atoms with van der Waals surface area (Å²) in [6.45, 7) is 7.11. The zero-order valence-electron chi connectivity index (χ0n) is 9.66. The molecule has 0 spiro atoms. The third-order valence-corrected chi connectivity index (χ3v) is 1.28. The lowest BCUT2D eigenvalue weighted by atomic mass is 10.2. The van der Waals surface area contributed by atoms with Gasteiger partial charge in [-0.05, 0) is 27.7 Å². The molecule has 0 fully saturated rings. The highest BCUT2D eigenvalue weighted by atomic mass is 16.6. The SMILES string of the molecule is CC(COCO)NNC(=O)OC(C)(C)C. The lowest BCUT2D eigenvalue weighted by Crippen LogP contribution is -2.46. The zero-order valence-corrected chi connectivity index (χ0v) is 9.66. The van der Waals surface area contributed by atoms with Gasteiger partial charge in [0.2, 0.25) is 0 Å². The van der Waals surface area contributed by atoms with Gasteiger partial charge < -0.3 is 14.6 Å². The molecule has 90 valence electrons. The Balaban J connectivity index is 3.62. The van der Waals surface area contributed by atoms with Gasteiger partial charge in [0, 0.05) is 6.04 Å². The Hall–Kier alpha value is -0.850. The van der Waals surface area contributed by atoms with Crippen LogP contribution in [0, 0.1) is 0 Å². The molecule has 0 aliphatic carbocycles. The fourth-order valence-electron chi connectivity index (χ4n) is 0.757. The highest BCUT2D eigenvalue weighted by molar-refractivity contribution is 5.66. The molecule has 0 saturated carbocycles. The third kappa shape index (κ3) is 9.45. The predicted octanol–water partition coefficient (Wildman–Crippen LogP) is 0.371. The Morgan fingerprint density at radius 1 is 1.47 bits per heavy atom. The summed E-state index contributed by atoms with van der Waals surface area (Å²) in [7, 11) is 0. The summed E-state index contributed by atoms with van der Waals surface area (Å²) in [5, 5.41) is 8.38. The summed E-state index contributed by atoms with van der Waals surface area (Å²) >= 11 is 0. The Bertz CT molecular complexity index is 191. The van der Waals surface area contributed by atoms with Crippen LogP contribution in [0.4, 0.5) is 4.79 Å². The minimum Gasteiger partial charge on any atom is -0.443 e. The molecule has 3 N–H and O–H groups in total. The number of rotatable bonds is 5. The second-order valence-corrected chi connectivity index (χ2v) is 4.17. The molecular formula is C9H20N2O4. The molecule has 0 aromatic carbocycles. The Kier molecular flexibility index (Phi) is 6.23. The van der Waals surface area contributed by atoms with E-state index in [1.165, 1.54) is 0 Å². The Morgan fingerprint density at radius 3 is 2.53 bits per heavy atom. The first-order valence-electron chi connectivity index (χ1n) is 4.78. The number of hydrogen-bond donors (Lipinski definition) is 3. The van der Waals surface area contributed by atoms with Crippen LogP contribution in [0.25, 0.3) is 0 Å². The summed E-state index contributed by atoms with van der Waals surface area (Å²) < 4.78 is 9.72. The summed E-state index contributed by atoms with van der Waals surface area (Å²) in [6.07, 6.45) is -0.543. The van der Waals surface area contributed by atoms with E-state index in [1.54, 1.807) is 27.7 Å². The fourth-order valence-corrected chi connectivity index (χ4v) is 0.757. The van der Waals surface area contributed by atoms with E-state index >= 15 is 0 Å². The number of aliphatic hydroxyl groups excluding tert-OH is 1. The number of hydrazine groups is 1. The Labute approximate surface area is 89.9 Å². The van der Waals surface area contributed by atoms with Gasteiger partial charge in [-0.1, -0.05) is 0 Å². The molecule has 0 radical (unpaired) electrons. The maximum absolute atomic E-state index is 11.2. The number of nitrogens with one attached hydrogen (secondary N) is 2. The van der Waals surface area contributed by atoms with Crippen LogP contribution in [-0.2, 0) is 9.47 Å². The number of amides is 1. The topological polar surface area (TPSA) is 79.8 Å². The molecule has 0 saturated heterocycles. The molecule has 1 atom stereocenters. The van der Waals surface area contributed by atoms with Crippen molar-refractivity contribution in [2.75, 3.05) is 13.4 Å². The first kappa shape index (κ1) is 14.2. The highest BCUT2D eigenvalue weighted by Gasteiger charge is 2.16. The largest absolute Gasteiger partial charge is 0.443 e. The van der Waals surface area contributed by atoms with Crippen molar-refractivity contribution >= 4 is 6.09 Å². The van der Waals surface area contributed by atoms with E-state index in [1.807, 2.05) is 0 Å². The van der Waals surface area contributed by atoms with Crippen molar-refractivity contribution in [1.82, 2.24) is 10.9 Å². The molecule has 0 rings (SSSR count). The third-order valence-electron chi connectivity index (χ3n) is 1.28. The number of carbonyl (C=O) groups excluding carboxylic acids is 1. The first-order chi connectivity index (χ1) is 6.85. The molecule has 0 aromatic heterocycles. The number of carbonyl (C=O) groups is 1. The summed E-state index contributed by atoms with van der Waals surface area (Å²) in [6, 6.07) is -0.107. The zero-order chi connectivity index (χ0) is 11.9. The molecule has 0 aliphatic heterocycles. The van der Waals surface area contributed by atoms with Crippen molar-refractivity contribution in [3.8, 4) is 0 Å². The lowest BCUT2D eigenvalue weighted by molar-refractivity contribution is -0.0112. The van der Waals surface area contributed by atoms with Crippen molar-refractivity contribution in [2.24, 2.45) is 0 Å².